The minimum Gasteiger partial charge on any atom is -0.352 e. The third kappa shape index (κ3) is 5.85. The van der Waals surface area contributed by atoms with Crippen LogP contribution in [0.2, 0.25) is 5.02 Å². The van der Waals surface area contributed by atoms with Crippen molar-refractivity contribution in [2.45, 2.75) is 71.0 Å². The van der Waals surface area contributed by atoms with E-state index in [0.29, 0.717) is 11.6 Å². The second kappa shape index (κ2) is 10.6. The van der Waals surface area contributed by atoms with Crippen molar-refractivity contribution in [3.05, 3.63) is 70.2 Å². The topological polar surface area (TPSA) is 49.4 Å². The average molecular weight is 427 g/mol. The fourth-order valence-electron chi connectivity index (χ4n) is 4.03. The Morgan fingerprint density at radius 3 is 2.33 bits per heavy atom. The van der Waals surface area contributed by atoms with E-state index >= 15 is 0 Å². The van der Waals surface area contributed by atoms with Crippen molar-refractivity contribution >= 4 is 23.4 Å². The van der Waals surface area contributed by atoms with Gasteiger partial charge in [0.25, 0.3) is 0 Å². The van der Waals surface area contributed by atoms with E-state index in [0.717, 1.165) is 42.4 Å². The Balaban J connectivity index is 1.78. The van der Waals surface area contributed by atoms with Crippen molar-refractivity contribution in [1.82, 2.24) is 10.2 Å². The minimum atomic E-state index is -0.554. The van der Waals surface area contributed by atoms with Crippen molar-refractivity contribution in [3.63, 3.8) is 0 Å². The van der Waals surface area contributed by atoms with Crippen LogP contribution in [0.4, 0.5) is 0 Å². The summed E-state index contributed by atoms with van der Waals surface area (Å²) in [6.07, 6.45) is 5.74. The second-order valence-corrected chi connectivity index (χ2v) is 8.64. The van der Waals surface area contributed by atoms with Gasteiger partial charge in [-0.3, -0.25) is 9.59 Å². The van der Waals surface area contributed by atoms with Gasteiger partial charge in [0.05, 0.1) is 6.42 Å². The van der Waals surface area contributed by atoms with Gasteiger partial charge in [-0.25, -0.2) is 0 Å². The molecule has 1 fully saturated rings. The monoisotopic (exact) mass is 426 g/mol. The summed E-state index contributed by atoms with van der Waals surface area (Å²) in [6.45, 7) is 4.25. The number of rotatable bonds is 7. The summed E-state index contributed by atoms with van der Waals surface area (Å²) in [5.41, 5.74) is 2.93. The quantitative estimate of drug-likeness (QED) is 0.672. The third-order valence-corrected chi connectivity index (χ3v) is 6.39. The molecule has 0 bridgehead atoms. The Hall–Kier alpha value is -2.33. The molecule has 1 atom stereocenters. The number of carbonyl (C=O) groups is 2. The Morgan fingerprint density at radius 1 is 1.03 bits per heavy atom. The fourth-order valence-corrected chi connectivity index (χ4v) is 4.23. The molecule has 0 unspecified atom stereocenters. The number of nitrogens with one attached hydrogen (secondary N) is 1. The summed E-state index contributed by atoms with van der Waals surface area (Å²) in [7, 11) is 0. The molecule has 160 valence electrons. The van der Waals surface area contributed by atoms with E-state index in [1.165, 1.54) is 6.42 Å². The first-order valence-electron chi connectivity index (χ1n) is 10.8. The Labute approximate surface area is 184 Å². The first-order valence-corrected chi connectivity index (χ1v) is 11.2. The molecule has 0 spiro atoms. The van der Waals surface area contributed by atoms with E-state index in [-0.39, 0.29) is 24.3 Å². The lowest BCUT2D eigenvalue weighted by Gasteiger charge is -2.31. The van der Waals surface area contributed by atoms with Gasteiger partial charge in [-0.15, -0.1) is 0 Å². The standard InChI is InChI=1S/C25H31ClN2O2/c1-18-10-6-7-12-21(18)17-28(24(29)16-20-11-8-9-15-23(20)26)19(2)25(30)27-22-13-4-3-5-14-22/h6-12,15,19,22H,3-5,13-14,16-17H2,1-2H3,(H,27,30)/t19-/m0/s1. The van der Waals surface area contributed by atoms with E-state index in [1.807, 2.05) is 56.3 Å². The molecule has 30 heavy (non-hydrogen) atoms. The molecule has 5 heteroatoms. The molecule has 0 heterocycles. The smallest absolute Gasteiger partial charge is 0.242 e. The summed E-state index contributed by atoms with van der Waals surface area (Å²) < 4.78 is 0. The number of benzene rings is 2. The van der Waals surface area contributed by atoms with Gasteiger partial charge in [0, 0.05) is 17.6 Å². The average Bonchev–Trinajstić information content (AvgIpc) is 2.75. The lowest BCUT2D eigenvalue weighted by Crippen LogP contribution is -2.50. The highest BCUT2D eigenvalue weighted by Gasteiger charge is 2.28. The lowest BCUT2D eigenvalue weighted by atomic mass is 9.95. The number of hydrogen-bond donors (Lipinski definition) is 1. The van der Waals surface area contributed by atoms with Gasteiger partial charge in [0.1, 0.15) is 6.04 Å². The van der Waals surface area contributed by atoms with Crippen LogP contribution in [0.1, 0.15) is 55.7 Å². The minimum absolute atomic E-state index is 0.0806. The Bertz CT molecular complexity index is 877. The largest absolute Gasteiger partial charge is 0.352 e. The molecule has 0 aliphatic heterocycles. The highest BCUT2D eigenvalue weighted by atomic mass is 35.5. The molecule has 0 saturated heterocycles. The molecule has 2 amide bonds. The molecule has 4 nitrogen and oxygen atoms in total. The maximum atomic E-state index is 13.3. The Kier molecular flexibility index (Phi) is 7.92. The van der Waals surface area contributed by atoms with Crippen LogP contribution in [0.25, 0.3) is 0 Å². The Morgan fingerprint density at radius 2 is 1.67 bits per heavy atom. The highest BCUT2D eigenvalue weighted by Crippen LogP contribution is 2.21. The van der Waals surface area contributed by atoms with E-state index in [4.69, 9.17) is 11.6 Å². The molecule has 1 aliphatic rings. The number of nitrogens with zero attached hydrogens (tertiary/aromatic N) is 1. The molecule has 3 rings (SSSR count). The van der Waals surface area contributed by atoms with Crippen LogP contribution in [-0.4, -0.2) is 28.8 Å². The molecular formula is C25H31ClN2O2. The van der Waals surface area contributed by atoms with E-state index in [1.54, 1.807) is 11.0 Å². The van der Waals surface area contributed by atoms with Crippen LogP contribution in [0.5, 0.6) is 0 Å². The normalized spacial score (nSPS) is 15.4. The van der Waals surface area contributed by atoms with Crippen LogP contribution < -0.4 is 5.32 Å². The highest BCUT2D eigenvalue weighted by molar-refractivity contribution is 6.31. The van der Waals surface area contributed by atoms with Crippen LogP contribution in [-0.2, 0) is 22.6 Å². The number of carbonyl (C=O) groups excluding carboxylic acids is 2. The second-order valence-electron chi connectivity index (χ2n) is 8.24. The van der Waals surface area contributed by atoms with Crippen molar-refractivity contribution < 1.29 is 9.59 Å². The summed E-state index contributed by atoms with van der Waals surface area (Å²) in [6, 6.07) is 15.0. The van der Waals surface area contributed by atoms with E-state index in [9.17, 15) is 9.59 Å². The number of aryl methyl sites for hydroxylation is 1. The summed E-state index contributed by atoms with van der Waals surface area (Å²) in [4.78, 5) is 28.0. The predicted octanol–water partition coefficient (Wildman–Crippen LogP) is 5.06. The van der Waals surface area contributed by atoms with Gasteiger partial charge >= 0.3 is 0 Å². The molecule has 1 aliphatic carbocycles. The summed E-state index contributed by atoms with van der Waals surface area (Å²) in [5, 5.41) is 3.74. The maximum absolute atomic E-state index is 13.3. The van der Waals surface area contributed by atoms with Crippen molar-refractivity contribution in [2.24, 2.45) is 0 Å². The maximum Gasteiger partial charge on any atom is 0.242 e. The fraction of sp³-hybridized carbons (Fsp3) is 0.440. The summed E-state index contributed by atoms with van der Waals surface area (Å²) in [5.74, 6) is -0.180. The third-order valence-electron chi connectivity index (χ3n) is 6.02. The zero-order valence-corrected chi connectivity index (χ0v) is 18.6. The van der Waals surface area contributed by atoms with Gasteiger partial charge in [0.2, 0.25) is 11.8 Å². The molecule has 0 aromatic heterocycles. The molecule has 1 N–H and O–H groups in total. The predicted molar refractivity (Wildman–Crippen MR) is 121 cm³/mol. The molecule has 2 aromatic rings. The number of hydrogen-bond acceptors (Lipinski definition) is 2. The molecule has 1 saturated carbocycles. The van der Waals surface area contributed by atoms with Crippen LogP contribution in [0.15, 0.2) is 48.5 Å². The zero-order chi connectivity index (χ0) is 21.5. The van der Waals surface area contributed by atoms with Crippen LogP contribution in [0.3, 0.4) is 0 Å². The van der Waals surface area contributed by atoms with Crippen molar-refractivity contribution in [3.8, 4) is 0 Å². The summed E-state index contributed by atoms with van der Waals surface area (Å²) >= 11 is 6.28. The SMILES string of the molecule is Cc1ccccc1CN(C(=O)Cc1ccccc1Cl)[C@@H](C)C(=O)NC1CCCCC1. The van der Waals surface area contributed by atoms with E-state index in [2.05, 4.69) is 5.32 Å². The number of halogens is 1. The molecule has 0 radical (unpaired) electrons. The van der Waals surface area contributed by atoms with Gasteiger partial charge < -0.3 is 10.2 Å². The molecular weight excluding hydrogens is 396 g/mol. The first kappa shape index (κ1) is 22.4. The van der Waals surface area contributed by atoms with Crippen LogP contribution >= 0.6 is 11.6 Å². The van der Waals surface area contributed by atoms with Gasteiger partial charge in [-0.1, -0.05) is 73.3 Å². The van der Waals surface area contributed by atoms with Crippen molar-refractivity contribution in [1.29, 1.82) is 0 Å². The lowest BCUT2D eigenvalue weighted by molar-refractivity contribution is -0.140. The molecule has 2 aromatic carbocycles. The van der Waals surface area contributed by atoms with Gasteiger partial charge in [-0.05, 0) is 49.4 Å². The van der Waals surface area contributed by atoms with Crippen molar-refractivity contribution in [2.75, 3.05) is 0 Å². The van der Waals surface area contributed by atoms with E-state index < -0.39 is 6.04 Å². The zero-order valence-electron chi connectivity index (χ0n) is 17.9. The number of amides is 2. The van der Waals surface area contributed by atoms with Gasteiger partial charge in [-0.2, -0.15) is 0 Å². The van der Waals surface area contributed by atoms with Gasteiger partial charge in [0.15, 0.2) is 0 Å². The van der Waals surface area contributed by atoms with Crippen LogP contribution in [0, 0.1) is 6.92 Å². The first-order chi connectivity index (χ1) is 14.5.